The summed E-state index contributed by atoms with van der Waals surface area (Å²) in [7, 11) is 1.42. The minimum absolute atomic E-state index is 0.130. The van der Waals surface area contributed by atoms with Crippen LogP contribution in [0.2, 0.25) is 0 Å². The molecular formula is C12H14ClF3O4S. The molecule has 21 heavy (non-hydrogen) atoms. The third-order valence-corrected chi connectivity index (χ3v) is 3.71. The standard InChI is InChI=1S/C12H14ClF3O4S/c1-11(2,8-21(13,17)18)7-19-9-5-3-4-6-10(9)20-12(14,15)16/h3-6H,7-8H2,1-2H3. The summed E-state index contributed by atoms with van der Waals surface area (Å²) in [6.07, 6.45) is -4.84. The van der Waals surface area contributed by atoms with Crippen molar-refractivity contribution < 1.29 is 31.1 Å². The second-order valence-electron chi connectivity index (χ2n) is 5.13. The third-order valence-electron chi connectivity index (χ3n) is 2.26. The van der Waals surface area contributed by atoms with E-state index in [-0.39, 0.29) is 18.1 Å². The molecule has 0 radical (unpaired) electrons. The van der Waals surface area contributed by atoms with Crippen LogP contribution in [0, 0.1) is 5.41 Å². The maximum atomic E-state index is 12.2. The number of hydrogen-bond acceptors (Lipinski definition) is 4. The van der Waals surface area contributed by atoms with E-state index in [0.29, 0.717) is 0 Å². The molecule has 0 aliphatic carbocycles. The molecule has 0 aliphatic rings. The molecule has 1 rings (SSSR count). The molecule has 0 saturated carbocycles. The summed E-state index contributed by atoms with van der Waals surface area (Å²) in [5, 5.41) is 0. The van der Waals surface area contributed by atoms with Crippen molar-refractivity contribution >= 4 is 19.7 Å². The lowest BCUT2D eigenvalue weighted by Crippen LogP contribution is -2.28. The Morgan fingerprint density at radius 1 is 1.14 bits per heavy atom. The molecule has 0 aliphatic heterocycles. The lowest BCUT2D eigenvalue weighted by molar-refractivity contribution is -0.275. The first kappa shape index (κ1) is 17.9. The summed E-state index contributed by atoms with van der Waals surface area (Å²) in [4.78, 5) is 0. The molecule has 0 amide bonds. The molecule has 0 heterocycles. The number of hydrogen-bond donors (Lipinski definition) is 0. The zero-order valence-electron chi connectivity index (χ0n) is 11.3. The Balaban J connectivity index is 2.80. The number of rotatable bonds is 6. The van der Waals surface area contributed by atoms with Crippen LogP contribution in [0.3, 0.4) is 0 Å². The van der Waals surface area contributed by atoms with E-state index in [1.54, 1.807) is 13.8 Å². The lowest BCUT2D eigenvalue weighted by Gasteiger charge is -2.23. The summed E-state index contributed by atoms with van der Waals surface area (Å²) >= 11 is 0. The van der Waals surface area contributed by atoms with Gasteiger partial charge >= 0.3 is 6.36 Å². The summed E-state index contributed by atoms with van der Waals surface area (Å²) in [5.41, 5.74) is -0.869. The smallest absolute Gasteiger partial charge is 0.489 e. The van der Waals surface area contributed by atoms with Crippen molar-refractivity contribution in [3.63, 3.8) is 0 Å². The summed E-state index contributed by atoms with van der Waals surface area (Å²) in [6, 6.07) is 5.24. The number of para-hydroxylation sites is 2. The number of halogens is 4. The predicted molar refractivity (Wildman–Crippen MR) is 72.0 cm³/mol. The first-order valence-electron chi connectivity index (χ1n) is 5.78. The highest BCUT2D eigenvalue weighted by Crippen LogP contribution is 2.33. The molecule has 0 atom stereocenters. The molecule has 0 bridgehead atoms. The molecule has 0 saturated heterocycles. The minimum Gasteiger partial charge on any atom is -0.489 e. The average molecular weight is 347 g/mol. The van der Waals surface area contributed by atoms with Gasteiger partial charge < -0.3 is 9.47 Å². The summed E-state index contributed by atoms with van der Waals surface area (Å²) < 4.78 is 67.9. The van der Waals surface area contributed by atoms with Gasteiger partial charge in [0.1, 0.15) is 0 Å². The molecule has 9 heteroatoms. The van der Waals surface area contributed by atoms with E-state index in [2.05, 4.69) is 4.74 Å². The maximum absolute atomic E-state index is 12.2. The highest BCUT2D eigenvalue weighted by atomic mass is 35.7. The number of benzene rings is 1. The fourth-order valence-corrected chi connectivity index (χ4v) is 3.46. The van der Waals surface area contributed by atoms with E-state index in [4.69, 9.17) is 15.4 Å². The van der Waals surface area contributed by atoms with E-state index < -0.39 is 26.6 Å². The van der Waals surface area contributed by atoms with Gasteiger partial charge in [-0.15, -0.1) is 13.2 Å². The van der Waals surface area contributed by atoms with Crippen molar-refractivity contribution in [2.24, 2.45) is 5.41 Å². The molecule has 120 valence electrons. The normalized spacial score (nSPS) is 13.0. The molecule has 1 aromatic rings. The molecule has 0 aromatic heterocycles. The van der Waals surface area contributed by atoms with Crippen LogP contribution in [0.25, 0.3) is 0 Å². The van der Waals surface area contributed by atoms with Crippen molar-refractivity contribution in [2.45, 2.75) is 20.2 Å². The lowest BCUT2D eigenvalue weighted by atomic mass is 9.98. The predicted octanol–water partition coefficient (Wildman–Crippen LogP) is 3.56. The van der Waals surface area contributed by atoms with Gasteiger partial charge in [-0.3, -0.25) is 0 Å². The first-order chi connectivity index (χ1) is 9.38. The summed E-state index contributed by atoms with van der Waals surface area (Å²) in [6.45, 7) is 3.00. The van der Waals surface area contributed by atoms with E-state index >= 15 is 0 Å². The van der Waals surface area contributed by atoms with Gasteiger partial charge in [-0.1, -0.05) is 26.0 Å². The Morgan fingerprint density at radius 2 is 1.67 bits per heavy atom. The monoisotopic (exact) mass is 346 g/mol. The van der Waals surface area contributed by atoms with Crippen LogP contribution in [0.5, 0.6) is 11.5 Å². The van der Waals surface area contributed by atoms with Crippen LogP contribution in [0.4, 0.5) is 13.2 Å². The van der Waals surface area contributed by atoms with Gasteiger partial charge in [0.2, 0.25) is 9.05 Å². The van der Waals surface area contributed by atoms with Gasteiger partial charge in [0, 0.05) is 16.1 Å². The Hall–Kier alpha value is -1.15. The largest absolute Gasteiger partial charge is 0.573 e. The van der Waals surface area contributed by atoms with Crippen molar-refractivity contribution in [1.29, 1.82) is 0 Å². The van der Waals surface area contributed by atoms with Crippen LogP contribution >= 0.6 is 10.7 Å². The van der Waals surface area contributed by atoms with E-state index in [1.165, 1.54) is 18.2 Å². The van der Waals surface area contributed by atoms with E-state index in [9.17, 15) is 21.6 Å². The van der Waals surface area contributed by atoms with Gasteiger partial charge in [-0.25, -0.2) is 8.42 Å². The number of alkyl halides is 3. The van der Waals surface area contributed by atoms with E-state index in [0.717, 1.165) is 6.07 Å². The number of ether oxygens (including phenoxy) is 2. The fourth-order valence-electron chi connectivity index (χ4n) is 1.56. The van der Waals surface area contributed by atoms with Crippen LogP contribution in [0.15, 0.2) is 24.3 Å². The van der Waals surface area contributed by atoms with Gasteiger partial charge in [0.05, 0.1) is 12.4 Å². The van der Waals surface area contributed by atoms with Crippen molar-refractivity contribution in [2.75, 3.05) is 12.4 Å². The first-order valence-corrected chi connectivity index (χ1v) is 8.26. The Bertz CT molecular complexity index is 584. The van der Waals surface area contributed by atoms with Crippen molar-refractivity contribution in [1.82, 2.24) is 0 Å². The molecule has 0 spiro atoms. The van der Waals surface area contributed by atoms with Crippen LogP contribution < -0.4 is 9.47 Å². The van der Waals surface area contributed by atoms with Crippen molar-refractivity contribution in [3.8, 4) is 11.5 Å². The Kier molecular flexibility index (Phi) is 5.38. The SMILES string of the molecule is CC(C)(COc1ccccc1OC(F)(F)F)CS(=O)(=O)Cl. The van der Waals surface area contributed by atoms with Crippen LogP contribution in [0.1, 0.15) is 13.8 Å². The molecule has 4 nitrogen and oxygen atoms in total. The van der Waals surface area contributed by atoms with Gasteiger partial charge in [0.25, 0.3) is 0 Å². The van der Waals surface area contributed by atoms with Crippen molar-refractivity contribution in [3.05, 3.63) is 24.3 Å². The summed E-state index contributed by atoms with van der Waals surface area (Å²) in [5.74, 6) is -0.992. The molecular weight excluding hydrogens is 333 g/mol. The molecule has 0 unspecified atom stereocenters. The zero-order valence-corrected chi connectivity index (χ0v) is 12.8. The van der Waals surface area contributed by atoms with Gasteiger partial charge in [0.15, 0.2) is 11.5 Å². The van der Waals surface area contributed by atoms with Crippen LogP contribution in [-0.4, -0.2) is 27.1 Å². The highest BCUT2D eigenvalue weighted by molar-refractivity contribution is 8.13. The average Bonchev–Trinajstić information content (AvgIpc) is 2.22. The molecule has 0 fully saturated rings. The van der Waals surface area contributed by atoms with Crippen LogP contribution in [-0.2, 0) is 9.05 Å². The second kappa shape index (κ2) is 6.31. The maximum Gasteiger partial charge on any atom is 0.573 e. The zero-order chi connectivity index (χ0) is 16.3. The van der Waals surface area contributed by atoms with Gasteiger partial charge in [-0.2, -0.15) is 0 Å². The van der Waals surface area contributed by atoms with E-state index in [1.807, 2.05) is 0 Å². The fraction of sp³-hybridized carbons (Fsp3) is 0.500. The molecule has 0 N–H and O–H groups in total. The quantitative estimate of drug-likeness (QED) is 0.739. The van der Waals surface area contributed by atoms with Gasteiger partial charge in [-0.05, 0) is 12.1 Å². The molecule has 1 aromatic carbocycles. The Labute approximate surface area is 125 Å². The minimum atomic E-state index is -4.84. The third kappa shape index (κ3) is 7.42. The topological polar surface area (TPSA) is 52.6 Å². The Morgan fingerprint density at radius 3 is 2.14 bits per heavy atom. The highest BCUT2D eigenvalue weighted by Gasteiger charge is 2.33. The second-order valence-corrected chi connectivity index (χ2v) is 7.91.